The minimum absolute atomic E-state index is 0.0683. The molecule has 4 aromatic heterocycles. The molecule has 3 amide bonds. The van der Waals surface area contributed by atoms with Gasteiger partial charge < -0.3 is 24.2 Å². The third kappa shape index (κ3) is 7.21. The molecule has 0 atom stereocenters. The fourth-order valence-electron chi connectivity index (χ4n) is 6.37. The molecule has 0 aliphatic rings. The number of rotatable bonds is 14. The molecule has 6 aromatic rings. The lowest BCUT2D eigenvalue weighted by atomic mass is 10.2. The zero-order chi connectivity index (χ0) is 36.4. The maximum absolute atomic E-state index is 13.5. The summed E-state index contributed by atoms with van der Waals surface area (Å²) in [5.41, 5.74) is 11.4. The summed E-state index contributed by atoms with van der Waals surface area (Å²) in [6.45, 7) is 13.9. The van der Waals surface area contributed by atoms with E-state index in [1.54, 1.807) is 28.9 Å². The molecule has 14 nitrogen and oxygen atoms in total. The van der Waals surface area contributed by atoms with Crippen molar-refractivity contribution >= 4 is 51.7 Å². The Bertz CT molecular complexity index is 2250. The fourth-order valence-corrected chi connectivity index (χ4v) is 6.37. The second-order valence-electron chi connectivity index (χ2n) is 12.8. The summed E-state index contributed by atoms with van der Waals surface area (Å²) in [6.07, 6.45) is 3.23. The number of aryl methyl sites for hydroxylation is 6. The summed E-state index contributed by atoms with van der Waals surface area (Å²) in [7, 11) is 0. The summed E-state index contributed by atoms with van der Waals surface area (Å²) in [5.74, 6) is 0.316. The van der Waals surface area contributed by atoms with Gasteiger partial charge in [0.15, 0.2) is 0 Å². The highest BCUT2D eigenvalue weighted by Gasteiger charge is 2.22. The average Bonchev–Trinajstić information content (AvgIpc) is 3.85. The van der Waals surface area contributed by atoms with E-state index in [2.05, 4.69) is 15.7 Å². The van der Waals surface area contributed by atoms with Crippen molar-refractivity contribution in [2.45, 2.75) is 86.7 Å². The standard InChI is InChI=1S/C37H44N10O4/c1-7-44-21-23(5)18-29(44)34(49)41-36-40-27-20-25(33(38)48)14-15-28(27)45(36)16-9-10-17-46-32-26(12-11-13-31(32)51-22(3)4)39-37(46)42-35(50)30-19-24(6)43-47(30)8-2/h11-15,18-22H,7-10,16-17H2,1-6H3,(H2,38,48)(H,39,42,50)(H,40,41,49). The van der Waals surface area contributed by atoms with E-state index in [0.29, 0.717) is 84.7 Å². The van der Waals surface area contributed by atoms with Crippen LogP contribution in [0.5, 0.6) is 5.75 Å². The first-order chi connectivity index (χ1) is 24.5. The van der Waals surface area contributed by atoms with E-state index >= 15 is 0 Å². The van der Waals surface area contributed by atoms with Crippen LogP contribution in [0.3, 0.4) is 0 Å². The van der Waals surface area contributed by atoms with Gasteiger partial charge in [0.1, 0.15) is 22.7 Å². The Morgan fingerprint density at radius 3 is 2.22 bits per heavy atom. The number of nitrogens with one attached hydrogen (secondary N) is 2. The molecular formula is C37H44N10O4. The predicted molar refractivity (Wildman–Crippen MR) is 196 cm³/mol. The summed E-state index contributed by atoms with van der Waals surface area (Å²) in [5, 5.41) is 10.5. The number of imidazole rings is 2. The Kier molecular flexibility index (Phi) is 9.94. The molecule has 0 aliphatic carbocycles. The van der Waals surface area contributed by atoms with Crippen LogP contribution in [0.4, 0.5) is 11.9 Å². The van der Waals surface area contributed by atoms with Crippen molar-refractivity contribution in [2.75, 3.05) is 10.6 Å². The normalized spacial score (nSPS) is 11.5. The van der Waals surface area contributed by atoms with E-state index in [1.165, 1.54) is 0 Å². The van der Waals surface area contributed by atoms with E-state index in [4.69, 9.17) is 20.4 Å². The zero-order valence-corrected chi connectivity index (χ0v) is 29.9. The highest BCUT2D eigenvalue weighted by molar-refractivity contribution is 6.04. The molecule has 266 valence electrons. The maximum Gasteiger partial charge on any atom is 0.276 e. The summed E-state index contributed by atoms with van der Waals surface area (Å²) >= 11 is 0. The van der Waals surface area contributed by atoms with Gasteiger partial charge in [-0.25, -0.2) is 9.97 Å². The van der Waals surface area contributed by atoms with E-state index in [0.717, 1.165) is 22.3 Å². The monoisotopic (exact) mass is 692 g/mol. The van der Waals surface area contributed by atoms with Crippen LogP contribution in [-0.2, 0) is 26.2 Å². The molecule has 0 saturated heterocycles. The number of primary amides is 1. The van der Waals surface area contributed by atoms with Gasteiger partial charge in [-0.1, -0.05) is 6.07 Å². The van der Waals surface area contributed by atoms with Crippen LogP contribution in [0.25, 0.3) is 22.1 Å². The first kappa shape index (κ1) is 34.9. The van der Waals surface area contributed by atoms with Gasteiger partial charge in [0.2, 0.25) is 17.8 Å². The van der Waals surface area contributed by atoms with E-state index in [9.17, 15) is 14.4 Å². The minimum Gasteiger partial charge on any atom is -0.489 e. The number of nitrogens with zero attached hydrogens (tertiary/aromatic N) is 7. The van der Waals surface area contributed by atoms with Crippen LogP contribution in [0.2, 0.25) is 0 Å². The largest absolute Gasteiger partial charge is 0.489 e. The molecule has 0 bridgehead atoms. The highest BCUT2D eigenvalue weighted by atomic mass is 16.5. The van der Waals surface area contributed by atoms with Crippen molar-refractivity contribution in [2.24, 2.45) is 5.73 Å². The van der Waals surface area contributed by atoms with Gasteiger partial charge in [-0.3, -0.25) is 29.7 Å². The molecule has 6 rings (SSSR count). The van der Waals surface area contributed by atoms with Gasteiger partial charge in [-0.2, -0.15) is 5.10 Å². The predicted octanol–water partition coefficient (Wildman–Crippen LogP) is 5.91. The van der Waals surface area contributed by atoms with Crippen LogP contribution in [0.15, 0.2) is 54.7 Å². The van der Waals surface area contributed by atoms with Crippen LogP contribution < -0.4 is 21.1 Å². The second kappa shape index (κ2) is 14.5. The molecule has 0 radical (unpaired) electrons. The first-order valence-corrected chi connectivity index (χ1v) is 17.3. The van der Waals surface area contributed by atoms with E-state index < -0.39 is 5.91 Å². The van der Waals surface area contributed by atoms with Crippen LogP contribution >= 0.6 is 0 Å². The minimum atomic E-state index is -0.557. The summed E-state index contributed by atoms with van der Waals surface area (Å²) in [4.78, 5) is 48.5. The molecule has 0 fully saturated rings. The van der Waals surface area contributed by atoms with E-state index in [1.807, 2.05) is 85.7 Å². The number of amides is 3. The number of aromatic nitrogens is 7. The number of benzene rings is 2. The van der Waals surface area contributed by atoms with Gasteiger partial charge in [-0.15, -0.1) is 0 Å². The quantitative estimate of drug-likeness (QED) is 0.119. The van der Waals surface area contributed by atoms with Crippen molar-refractivity contribution in [1.82, 2.24) is 33.4 Å². The number of unbranched alkanes of at least 4 members (excludes halogenated alkanes) is 1. The van der Waals surface area contributed by atoms with Gasteiger partial charge in [0.05, 0.1) is 28.3 Å². The number of carbonyl (C=O) groups excluding carboxylic acids is 3. The van der Waals surface area contributed by atoms with Crippen molar-refractivity contribution in [3.8, 4) is 5.75 Å². The summed E-state index contributed by atoms with van der Waals surface area (Å²) < 4.78 is 13.7. The number of carbonyl (C=O) groups is 3. The smallest absolute Gasteiger partial charge is 0.276 e. The van der Waals surface area contributed by atoms with Crippen molar-refractivity contribution in [3.05, 3.63) is 82.9 Å². The second-order valence-corrected chi connectivity index (χ2v) is 12.8. The number of ether oxygens (including phenoxy) is 1. The van der Waals surface area contributed by atoms with Crippen molar-refractivity contribution in [1.29, 1.82) is 0 Å². The SMILES string of the molecule is CCn1cc(C)cc1C(=O)Nc1nc2cc(C(N)=O)ccc2n1CCCCn1c(NC(=O)c2cc(C)nn2CC)nc2cccc(OC(C)C)c21. The molecule has 0 spiro atoms. The topological polar surface area (TPSA) is 169 Å². The first-order valence-electron chi connectivity index (χ1n) is 17.3. The maximum atomic E-state index is 13.5. The number of nitrogens with two attached hydrogens (primary N) is 1. The molecular weight excluding hydrogens is 648 g/mol. The van der Waals surface area contributed by atoms with Gasteiger partial charge in [-0.05, 0) is 102 Å². The molecule has 0 unspecified atom stereocenters. The molecule has 14 heteroatoms. The van der Waals surface area contributed by atoms with Gasteiger partial charge >= 0.3 is 0 Å². The van der Waals surface area contributed by atoms with Crippen LogP contribution in [0.1, 0.15) is 83.1 Å². The van der Waals surface area contributed by atoms with Crippen molar-refractivity contribution < 1.29 is 19.1 Å². The Morgan fingerprint density at radius 1 is 0.843 bits per heavy atom. The van der Waals surface area contributed by atoms with Crippen molar-refractivity contribution in [3.63, 3.8) is 0 Å². The molecule has 0 saturated carbocycles. The number of hydrogen-bond acceptors (Lipinski definition) is 7. The van der Waals surface area contributed by atoms with Gasteiger partial charge in [0, 0.05) is 37.9 Å². The van der Waals surface area contributed by atoms with Crippen LogP contribution in [-0.4, -0.2) is 57.3 Å². The Hall–Kier alpha value is -5.92. The van der Waals surface area contributed by atoms with Crippen LogP contribution in [0, 0.1) is 13.8 Å². The highest BCUT2D eigenvalue weighted by Crippen LogP contribution is 2.31. The number of para-hydroxylation sites is 1. The van der Waals surface area contributed by atoms with Gasteiger partial charge in [0.25, 0.3) is 11.8 Å². The third-order valence-corrected chi connectivity index (χ3v) is 8.63. The molecule has 0 aliphatic heterocycles. The molecule has 4 heterocycles. The lowest BCUT2D eigenvalue weighted by Crippen LogP contribution is -2.20. The fraction of sp³-hybridized carbons (Fsp3) is 0.351. The Morgan fingerprint density at radius 2 is 1.53 bits per heavy atom. The Labute approximate surface area is 295 Å². The number of anilines is 2. The molecule has 2 aromatic carbocycles. The lowest BCUT2D eigenvalue weighted by Gasteiger charge is -2.15. The molecule has 51 heavy (non-hydrogen) atoms. The zero-order valence-electron chi connectivity index (χ0n) is 29.9. The number of hydrogen-bond donors (Lipinski definition) is 3. The Balaban J connectivity index is 1.29. The molecule has 4 N–H and O–H groups in total. The average molecular weight is 693 g/mol. The third-order valence-electron chi connectivity index (χ3n) is 8.63. The lowest BCUT2D eigenvalue weighted by molar-refractivity contribution is 0.0995. The summed E-state index contributed by atoms with van der Waals surface area (Å²) in [6, 6.07) is 14.4. The number of fused-ring (bicyclic) bond motifs is 2. The van der Waals surface area contributed by atoms with E-state index in [-0.39, 0.29) is 17.9 Å².